The molecule has 0 spiro atoms. The molecule has 0 aliphatic heterocycles. The van der Waals surface area contributed by atoms with Crippen LogP contribution in [0.25, 0.3) is 0 Å². The highest BCUT2D eigenvalue weighted by Gasteiger charge is 2.27. The van der Waals surface area contributed by atoms with Crippen LogP contribution in [0.2, 0.25) is 0 Å². The van der Waals surface area contributed by atoms with Crippen LogP contribution >= 0.6 is 0 Å². The van der Waals surface area contributed by atoms with E-state index in [1.54, 1.807) is 13.8 Å². The molecule has 3 N–H and O–H groups in total. The van der Waals surface area contributed by atoms with Gasteiger partial charge in [-0.2, -0.15) is 0 Å². The van der Waals surface area contributed by atoms with Crippen LogP contribution in [0, 0.1) is 0 Å². The van der Waals surface area contributed by atoms with Crippen LogP contribution in [0.3, 0.4) is 0 Å². The molecule has 0 radical (unpaired) electrons. The first-order valence-electron chi connectivity index (χ1n) is 6.76. The minimum absolute atomic E-state index is 0.0701. The number of carbonyl (C=O) groups is 2. The maximum atomic E-state index is 12.2. The largest absolute Gasteiger partial charge is 0.395 e. The maximum Gasteiger partial charge on any atom is 0.312 e. The third-order valence-corrected chi connectivity index (χ3v) is 2.91. The molecule has 0 saturated carbocycles. The molecule has 0 atom stereocenters. The van der Waals surface area contributed by atoms with Gasteiger partial charge in [-0.15, -0.1) is 0 Å². The van der Waals surface area contributed by atoms with E-state index in [1.165, 1.54) is 4.90 Å². The lowest BCUT2D eigenvalue weighted by Gasteiger charge is -2.26. The molecule has 21 heavy (non-hydrogen) atoms. The zero-order valence-electron chi connectivity index (χ0n) is 12.4. The van der Waals surface area contributed by atoms with Crippen molar-refractivity contribution in [1.29, 1.82) is 0 Å². The Kier molecular flexibility index (Phi) is 6.33. The molecule has 0 saturated heterocycles. The zero-order chi connectivity index (χ0) is 15.9. The number of nitrogens with zero attached hydrogens (tertiary/aromatic N) is 1. The molecule has 0 aromatic heterocycles. The predicted octanol–water partition coefficient (Wildman–Crippen LogP) is -0.105. The Morgan fingerprint density at radius 3 is 2.33 bits per heavy atom. The molecule has 0 aliphatic carbocycles. The monoisotopic (exact) mass is 294 g/mol. The van der Waals surface area contributed by atoms with E-state index in [1.807, 2.05) is 30.3 Å². The van der Waals surface area contributed by atoms with Gasteiger partial charge in [0.25, 0.3) is 0 Å². The van der Waals surface area contributed by atoms with Gasteiger partial charge in [0.05, 0.1) is 18.8 Å². The lowest BCUT2D eigenvalue weighted by Crippen LogP contribution is -2.52. The smallest absolute Gasteiger partial charge is 0.312 e. The van der Waals surface area contributed by atoms with Gasteiger partial charge in [-0.1, -0.05) is 30.3 Å². The summed E-state index contributed by atoms with van der Waals surface area (Å²) < 4.78 is 0. The highest BCUT2D eigenvalue weighted by atomic mass is 16.3. The second-order valence-corrected chi connectivity index (χ2v) is 5.43. The summed E-state index contributed by atoms with van der Waals surface area (Å²) in [5.74, 6) is -1.52. The van der Waals surface area contributed by atoms with Crippen LogP contribution in [0.5, 0.6) is 0 Å². The van der Waals surface area contributed by atoms with Crippen molar-refractivity contribution in [2.75, 3.05) is 19.8 Å². The number of amides is 2. The molecule has 0 unspecified atom stereocenters. The van der Waals surface area contributed by atoms with Gasteiger partial charge >= 0.3 is 11.8 Å². The summed E-state index contributed by atoms with van der Waals surface area (Å²) >= 11 is 0. The minimum Gasteiger partial charge on any atom is -0.395 e. The second-order valence-electron chi connectivity index (χ2n) is 5.43. The van der Waals surface area contributed by atoms with Crippen molar-refractivity contribution in [3.05, 3.63) is 35.9 Å². The summed E-state index contributed by atoms with van der Waals surface area (Å²) in [5, 5.41) is 20.6. The molecule has 116 valence electrons. The summed E-state index contributed by atoms with van der Waals surface area (Å²) in [6.45, 7) is 3.05. The topological polar surface area (TPSA) is 89.9 Å². The molecule has 1 rings (SSSR count). The lowest BCUT2D eigenvalue weighted by molar-refractivity contribution is -0.147. The van der Waals surface area contributed by atoms with Crippen LogP contribution in [-0.2, 0) is 16.1 Å². The van der Waals surface area contributed by atoms with Gasteiger partial charge in [0.2, 0.25) is 0 Å². The van der Waals surface area contributed by atoms with E-state index < -0.39 is 17.4 Å². The Balaban J connectivity index is 2.75. The molecule has 6 heteroatoms. The van der Waals surface area contributed by atoms with E-state index in [0.29, 0.717) is 0 Å². The summed E-state index contributed by atoms with van der Waals surface area (Å²) in [6, 6.07) is 9.22. The quantitative estimate of drug-likeness (QED) is 0.639. The van der Waals surface area contributed by atoms with E-state index in [2.05, 4.69) is 5.32 Å². The van der Waals surface area contributed by atoms with Gasteiger partial charge in [-0.3, -0.25) is 9.59 Å². The van der Waals surface area contributed by atoms with E-state index >= 15 is 0 Å². The SMILES string of the molecule is CC(C)(CO)NC(=O)C(=O)N(CCO)Cc1ccccc1. The summed E-state index contributed by atoms with van der Waals surface area (Å²) in [5.41, 5.74) is -0.00166. The molecule has 0 bridgehead atoms. The average molecular weight is 294 g/mol. The second kappa shape index (κ2) is 7.75. The molecular formula is C15H22N2O4. The zero-order valence-corrected chi connectivity index (χ0v) is 12.4. The van der Waals surface area contributed by atoms with Gasteiger partial charge in [-0.05, 0) is 19.4 Å². The summed E-state index contributed by atoms with van der Waals surface area (Å²) in [7, 11) is 0. The fourth-order valence-corrected chi connectivity index (χ4v) is 1.72. The fraction of sp³-hybridized carbons (Fsp3) is 0.467. The van der Waals surface area contributed by atoms with Gasteiger partial charge < -0.3 is 20.4 Å². The van der Waals surface area contributed by atoms with E-state index in [0.717, 1.165) is 5.56 Å². The Morgan fingerprint density at radius 2 is 1.81 bits per heavy atom. The van der Waals surface area contributed by atoms with Crippen LogP contribution in [0.1, 0.15) is 19.4 Å². The number of aliphatic hydroxyl groups excluding tert-OH is 2. The van der Waals surface area contributed by atoms with Crippen molar-refractivity contribution in [1.82, 2.24) is 10.2 Å². The van der Waals surface area contributed by atoms with Crippen molar-refractivity contribution >= 4 is 11.8 Å². The number of hydrogen-bond donors (Lipinski definition) is 3. The van der Waals surface area contributed by atoms with E-state index in [-0.39, 0.29) is 26.3 Å². The highest BCUT2D eigenvalue weighted by molar-refractivity contribution is 6.35. The number of aliphatic hydroxyl groups is 2. The number of nitrogens with one attached hydrogen (secondary N) is 1. The Hall–Kier alpha value is -1.92. The standard InChI is InChI=1S/C15H22N2O4/c1-15(2,11-19)16-13(20)14(21)17(8-9-18)10-12-6-4-3-5-7-12/h3-7,18-19H,8-11H2,1-2H3,(H,16,20). The van der Waals surface area contributed by atoms with E-state index in [4.69, 9.17) is 10.2 Å². The van der Waals surface area contributed by atoms with Crippen molar-refractivity contribution < 1.29 is 19.8 Å². The first-order valence-corrected chi connectivity index (χ1v) is 6.76. The van der Waals surface area contributed by atoms with Crippen molar-refractivity contribution in [2.45, 2.75) is 25.9 Å². The van der Waals surface area contributed by atoms with Gasteiger partial charge in [-0.25, -0.2) is 0 Å². The molecular weight excluding hydrogens is 272 g/mol. The average Bonchev–Trinajstić information content (AvgIpc) is 2.46. The van der Waals surface area contributed by atoms with Gasteiger partial charge in [0.15, 0.2) is 0 Å². The Morgan fingerprint density at radius 1 is 1.19 bits per heavy atom. The molecule has 6 nitrogen and oxygen atoms in total. The number of carbonyl (C=O) groups excluding carboxylic acids is 2. The van der Waals surface area contributed by atoms with Crippen molar-refractivity contribution in [2.24, 2.45) is 0 Å². The first kappa shape index (κ1) is 17.1. The predicted molar refractivity (Wildman–Crippen MR) is 78.3 cm³/mol. The summed E-state index contributed by atoms with van der Waals surface area (Å²) in [6.07, 6.45) is 0. The molecule has 0 aliphatic rings. The molecule has 2 amide bonds. The van der Waals surface area contributed by atoms with Crippen molar-refractivity contribution in [3.8, 4) is 0 Å². The lowest BCUT2D eigenvalue weighted by atomic mass is 10.1. The Labute approximate surface area is 124 Å². The fourth-order valence-electron chi connectivity index (χ4n) is 1.72. The minimum atomic E-state index is -0.871. The Bertz CT molecular complexity index is 474. The van der Waals surface area contributed by atoms with Crippen LogP contribution < -0.4 is 5.32 Å². The van der Waals surface area contributed by atoms with Gasteiger partial charge in [0.1, 0.15) is 0 Å². The molecule has 0 heterocycles. The third kappa shape index (κ3) is 5.53. The first-order chi connectivity index (χ1) is 9.89. The molecule has 1 aromatic rings. The normalized spacial score (nSPS) is 11.0. The van der Waals surface area contributed by atoms with Crippen LogP contribution in [-0.4, -0.2) is 52.2 Å². The number of benzene rings is 1. The van der Waals surface area contributed by atoms with Crippen LogP contribution in [0.4, 0.5) is 0 Å². The number of rotatable bonds is 6. The third-order valence-electron chi connectivity index (χ3n) is 2.91. The summed E-state index contributed by atoms with van der Waals surface area (Å²) in [4.78, 5) is 25.4. The molecule has 1 aromatic carbocycles. The maximum absolute atomic E-state index is 12.2. The van der Waals surface area contributed by atoms with E-state index in [9.17, 15) is 9.59 Å². The van der Waals surface area contributed by atoms with Crippen LogP contribution in [0.15, 0.2) is 30.3 Å². The highest BCUT2D eigenvalue weighted by Crippen LogP contribution is 2.06. The van der Waals surface area contributed by atoms with Crippen molar-refractivity contribution in [3.63, 3.8) is 0 Å². The molecule has 0 fully saturated rings. The number of hydrogen-bond acceptors (Lipinski definition) is 4. The van der Waals surface area contributed by atoms with Gasteiger partial charge in [0, 0.05) is 13.1 Å².